The number of nitrogens with one attached hydrogen (secondary N) is 1. The molecule has 1 atom stereocenters. The molecule has 0 heterocycles. The first-order chi connectivity index (χ1) is 9.63. The molecule has 1 aromatic rings. The highest BCUT2D eigenvalue weighted by Crippen LogP contribution is 2.18. The molecule has 1 N–H and O–H groups in total. The summed E-state index contributed by atoms with van der Waals surface area (Å²) in [4.78, 5) is 11.8. The number of carbonyl (C=O) groups is 1. The average Bonchev–Trinajstić information content (AvgIpc) is 2.42. The maximum Gasteiger partial charge on any atom is 0.260 e. The molecule has 3 nitrogen and oxygen atoms in total. The van der Waals surface area contributed by atoms with E-state index in [1.807, 2.05) is 0 Å². The largest absolute Gasteiger partial charge is 0.481 e. The number of alkyl halides is 1. The van der Waals surface area contributed by atoms with Crippen molar-refractivity contribution in [3.63, 3.8) is 0 Å². The standard InChI is InChI=1S/C15H21Cl2NO2/c1-12(20-14-8-6-7-13(17)11-14)15(19)18-10-5-3-2-4-9-16/h6-8,11-12H,2-5,9-10H2,1H3,(H,18,19). The predicted molar refractivity (Wildman–Crippen MR) is 83.7 cm³/mol. The van der Waals surface area contributed by atoms with Gasteiger partial charge in [-0.2, -0.15) is 0 Å². The molecule has 0 spiro atoms. The minimum absolute atomic E-state index is 0.109. The minimum atomic E-state index is -0.531. The van der Waals surface area contributed by atoms with Gasteiger partial charge in [0, 0.05) is 17.4 Å². The number of rotatable bonds is 9. The Morgan fingerprint density at radius 3 is 2.75 bits per heavy atom. The summed E-state index contributed by atoms with van der Waals surface area (Å²) >= 11 is 11.5. The molecule has 0 bridgehead atoms. The third kappa shape index (κ3) is 7.01. The molecule has 20 heavy (non-hydrogen) atoms. The highest BCUT2D eigenvalue weighted by atomic mass is 35.5. The van der Waals surface area contributed by atoms with Crippen LogP contribution in [0.3, 0.4) is 0 Å². The van der Waals surface area contributed by atoms with Gasteiger partial charge in [0.1, 0.15) is 5.75 Å². The maximum absolute atomic E-state index is 11.8. The number of hydrogen-bond donors (Lipinski definition) is 1. The first kappa shape index (κ1) is 17.1. The van der Waals surface area contributed by atoms with Gasteiger partial charge in [-0.15, -0.1) is 11.6 Å². The molecule has 5 heteroatoms. The smallest absolute Gasteiger partial charge is 0.260 e. The van der Waals surface area contributed by atoms with Crippen molar-refractivity contribution in [3.05, 3.63) is 29.3 Å². The molecule has 1 aromatic carbocycles. The van der Waals surface area contributed by atoms with Crippen LogP contribution in [0.5, 0.6) is 5.75 Å². The Bertz CT molecular complexity index is 413. The van der Waals surface area contributed by atoms with Crippen LogP contribution in [0.25, 0.3) is 0 Å². The number of hydrogen-bond acceptors (Lipinski definition) is 2. The van der Waals surface area contributed by atoms with Gasteiger partial charge in [0.25, 0.3) is 5.91 Å². The summed E-state index contributed by atoms with van der Waals surface area (Å²) in [5.74, 6) is 1.20. The van der Waals surface area contributed by atoms with E-state index in [4.69, 9.17) is 27.9 Å². The maximum atomic E-state index is 11.8. The molecule has 0 aliphatic carbocycles. The monoisotopic (exact) mass is 317 g/mol. The molecule has 0 aliphatic rings. The van der Waals surface area contributed by atoms with Crippen molar-refractivity contribution in [2.45, 2.75) is 38.7 Å². The summed E-state index contributed by atoms with van der Waals surface area (Å²) < 4.78 is 5.54. The second-order valence-electron chi connectivity index (χ2n) is 4.61. The lowest BCUT2D eigenvalue weighted by Gasteiger charge is -2.14. The van der Waals surface area contributed by atoms with E-state index >= 15 is 0 Å². The number of halogens is 2. The van der Waals surface area contributed by atoms with Crippen LogP contribution in [0.15, 0.2) is 24.3 Å². The van der Waals surface area contributed by atoms with E-state index in [2.05, 4.69) is 5.32 Å². The first-order valence-electron chi connectivity index (χ1n) is 6.89. The average molecular weight is 318 g/mol. The molecule has 0 saturated carbocycles. The molecule has 1 amide bonds. The van der Waals surface area contributed by atoms with Gasteiger partial charge in [0.05, 0.1) is 0 Å². The molecule has 0 fully saturated rings. The molecule has 0 aromatic heterocycles. The summed E-state index contributed by atoms with van der Waals surface area (Å²) in [5.41, 5.74) is 0. The van der Waals surface area contributed by atoms with E-state index in [0.29, 0.717) is 23.2 Å². The van der Waals surface area contributed by atoms with Gasteiger partial charge in [-0.05, 0) is 38.0 Å². The second kappa shape index (κ2) is 9.89. The van der Waals surface area contributed by atoms with E-state index in [9.17, 15) is 4.79 Å². The molecular formula is C15H21Cl2NO2. The summed E-state index contributed by atoms with van der Waals surface area (Å²) in [7, 11) is 0. The van der Waals surface area contributed by atoms with Gasteiger partial charge in [0.2, 0.25) is 0 Å². The number of benzene rings is 1. The van der Waals surface area contributed by atoms with Crippen molar-refractivity contribution in [1.29, 1.82) is 0 Å². The minimum Gasteiger partial charge on any atom is -0.481 e. The van der Waals surface area contributed by atoms with Crippen LogP contribution in [0, 0.1) is 0 Å². The van der Waals surface area contributed by atoms with Crippen molar-refractivity contribution in [2.75, 3.05) is 12.4 Å². The predicted octanol–water partition coefficient (Wildman–Crippen LogP) is 4.02. The normalized spacial score (nSPS) is 11.9. The summed E-state index contributed by atoms with van der Waals surface area (Å²) in [6.07, 6.45) is 3.65. The van der Waals surface area contributed by atoms with Gasteiger partial charge < -0.3 is 10.1 Å². The van der Waals surface area contributed by atoms with Crippen LogP contribution >= 0.6 is 23.2 Å². The summed E-state index contributed by atoms with van der Waals surface area (Å²) in [5, 5.41) is 3.46. The Morgan fingerprint density at radius 1 is 1.30 bits per heavy atom. The van der Waals surface area contributed by atoms with Crippen LogP contribution in [-0.2, 0) is 4.79 Å². The van der Waals surface area contributed by atoms with Crippen LogP contribution in [0.2, 0.25) is 5.02 Å². The van der Waals surface area contributed by atoms with Gasteiger partial charge >= 0.3 is 0 Å². The molecule has 0 radical (unpaired) electrons. The zero-order chi connectivity index (χ0) is 14.8. The fourth-order valence-electron chi connectivity index (χ4n) is 1.73. The quantitative estimate of drug-likeness (QED) is 0.551. The van der Waals surface area contributed by atoms with Crippen molar-refractivity contribution in [3.8, 4) is 5.75 Å². The summed E-state index contributed by atoms with van der Waals surface area (Å²) in [6.45, 7) is 2.40. The third-order valence-electron chi connectivity index (χ3n) is 2.84. The Hall–Kier alpha value is -0.930. The Balaban J connectivity index is 2.22. The number of unbranched alkanes of at least 4 members (excludes halogenated alkanes) is 3. The Morgan fingerprint density at radius 2 is 2.05 bits per heavy atom. The van der Waals surface area contributed by atoms with Crippen molar-refractivity contribution in [1.82, 2.24) is 5.32 Å². The van der Waals surface area contributed by atoms with Gasteiger partial charge in [-0.25, -0.2) is 0 Å². The molecule has 0 aliphatic heterocycles. The molecule has 1 rings (SSSR count). The van der Waals surface area contributed by atoms with E-state index < -0.39 is 6.10 Å². The van der Waals surface area contributed by atoms with E-state index in [-0.39, 0.29) is 5.91 Å². The SMILES string of the molecule is CC(Oc1cccc(Cl)c1)C(=O)NCCCCCCCl. The van der Waals surface area contributed by atoms with Gasteiger partial charge in [0.15, 0.2) is 6.10 Å². The Kier molecular flexibility index (Phi) is 8.47. The van der Waals surface area contributed by atoms with E-state index in [0.717, 1.165) is 25.7 Å². The number of ether oxygens (including phenoxy) is 1. The van der Waals surface area contributed by atoms with Gasteiger partial charge in [-0.3, -0.25) is 4.79 Å². The fourth-order valence-corrected chi connectivity index (χ4v) is 2.10. The van der Waals surface area contributed by atoms with Crippen molar-refractivity contribution in [2.24, 2.45) is 0 Å². The van der Waals surface area contributed by atoms with E-state index in [1.54, 1.807) is 31.2 Å². The lowest BCUT2D eigenvalue weighted by molar-refractivity contribution is -0.127. The molecular weight excluding hydrogens is 297 g/mol. The van der Waals surface area contributed by atoms with Crippen LogP contribution < -0.4 is 10.1 Å². The van der Waals surface area contributed by atoms with E-state index in [1.165, 1.54) is 0 Å². The number of carbonyl (C=O) groups excluding carboxylic acids is 1. The lowest BCUT2D eigenvalue weighted by atomic mass is 10.2. The highest BCUT2D eigenvalue weighted by molar-refractivity contribution is 6.30. The third-order valence-corrected chi connectivity index (χ3v) is 3.34. The van der Waals surface area contributed by atoms with Crippen LogP contribution in [-0.4, -0.2) is 24.4 Å². The number of amides is 1. The van der Waals surface area contributed by atoms with Crippen molar-refractivity contribution >= 4 is 29.1 Å². The fraction of sp³-hybridized carbons (Fsp3) is 0.533. The zero-order valence-corrected chi connectivity index (χ0v) is 13.2. The second-order valence-corrected chi connectivity index (χ2v) is 5.43. The van der Waals surface area contributed by atoms with Crippen LogP contribution in [0.4, 0.5) is 0 Å². The highest BCUT2D eigenvalue weighted by Gasteiger charge is 2.13. The molecule has 1 unspecified atom stereocenters. The topological polar surface area (TPSA) is 38.3 Å². The van der Waals surface area contributed by atoms with Crippen molar-refractivity contribution < 1.29 is 9.53 Å². The Labute approximate surface area is 130 Å². The lowest BCUT2D eigenvalue weighted by Crippen LogP contribution is -2.36. The molecule has 112 valence electrons. The summed E-state index contributed by atoms with van der Waals surface area (Å²) in [6, 6.07) is 7.03. The molecule has 0 saturated heterocycles. The first-order valence-corrected chi connectivity index (χ1v) is 7.80. The van der Waals surface area contributed by atoms with Crippen LogP contribution in [0.1, 0.15) is 32.6 Å². The van der Waals surface area contributed by atoms with Gasteiger partial charge in [-0.1, -0.05) is 30.5 Å². The zero-order valence-electron chi connectivity index (χ0n) is 11.7.